The number of hydrogen-bond acceptors (Lipinski definition) is 3. The third-order valence-electron chi connectivity index (χ3n) is 6.08. The highest BCUT2D eigenvalue weighted by molar-refractivity contribution is 5.82. The lowest BCUT2D eigenvalue weighted by Crippen LogP contribution is -2.39. The van der Waals surface area contributed by atoms with Gasteiger partial charge in [-0.1, -0.05) is 32.1 Å². The Morgan fingerprint density at radius 2 is 1.78 bits per heavy atom. The van der Waals surface area contributed by atoms with Gasteiger partial charge in [-0.05, 0) is 37.0 Å². The number of ether oxygens (including phenoxy) is 1. The first-order valence-corrected chi connectivity index (χ1v) is 9.25. The SMILES string of the molecule is O=C(O)C(CNC(=O)C1CC1C1CCCCC1)C1CCOCC1. The highest BCUT2D eigenvalue weighted by atomic mass is 16.5. The van der Waals surface area contributed by atoms with Crippen molar-refractivity contribution in [2.45, 2.75) is 51.4 Å². The van der Waals surface area contributed by atoms with Crippen LogP contribution in [0.4, 0.5) is 0 Å². The van der Waals surface area contributed by atoms with Crippen LogP contribution in [0.5, 0.6) is 0 Å². The van der Waals surface area contributed by atoms with Gasteiger partial charge in [0.15, 0.2) is 0 Å². The third-order valence-corrected chi connectivity index (χ3v) is 6.08. The van der Waals surface area contributed by atoms with Crippen molar-refractivity contribution in [3.63, 3.8) is 0 Å². The molecule has 5 heteroatoms. The zero-order valence-corrected chi connectivity index (χ0v) is 13.8. The third kappa shape index (κ3) is 4.25. The minimum atomic E-state index is -0.795. The van der Waals surface area contributed by atoms with Crippen LogP contribution in [-0.2, 0) is 14.3 Å². The first kappa shape index (κ1) is 16.7. The molecule has 23 heavy (non-hydrogen) atoms. The minimum absolute atomic E-state index is 0.0823. The van der Waals surface area contributed by atoms with Crippen LogP contribution in [0.15, 0.2) is 0 Å². The predicted octanol–water partition coefficient (Wildman–Crippen LogP) is 2.45. The van der Waals surface area contributed by atoms with Crippen molar-refractivity contribution in [2.24, 2.45) is 29.6 Å². The Labute approximate surface area is 138 Å². The molecule has 1 aliphatic heterocycles. The van der Waals surface area contributed by atoms with E-state index in [1.54, 1.807) is 0 Å². The smallest absolute Gasteiger partial charge is 0.308 e. The normalized spacial score (nSPS) is 30.6. The molecule has 0 radical (unpaired) electrons. The van der Waals surface area contributed by atoms with Crippen LogP contribution in [0, 0.1) is 29.6 Å². The van der Waals surface area contributed by atoms with Crippen molar-refractivity contribution in [2.75, 3.05) is 19.8 Å². The number of nitrogens with one attached hydrogen (secondary N) is 1. The van der Waals surface area contributed by atoms with Gasteiger partial charge in [0.25, 0.3) is 0 Å². The first-order valence-electron chi connectivity index (χ1n) is 9.25. The molecule has 1 saturated heterocycles. The summed E-state index contributed by atoms with van der Waals surface area (Å²) in [6, 6.07) is 0. The Bertz CT molecular complexity index is 427. The summed E-state index contributed by atoms with van der Waals surface area (Å²) < 4.78 is 5.30. The average Bonchev–Trinajstić information content (AvgIpc) is 3.37. The van der Waals surface area contributed by atoms with Gasteiger partial charge >= 0.3 is 5.97 Å². The molecule has 2 saturated carbocycles. The van der Waals surface area contributed by atoms with Gasteiger partial charge in [0.2, 0.25) is 5.91 Å². The van der Waals surface area contributed by atoms with E-state index in [0.29, 0.717) is 19.1 Å². The van der Waals surface area contributed by atoms with Gasteiger partial charge in [-0.15, -0.1) is 0 Å². The van der Waals surface area contributed by atoms with Crippen LogP contribution in [0.25, 0.3) is 0 Å². The summed E-state index contributed by atoms with van der Waals surface area (Å²) in [6.45, 7) is 1.54. The molecule has 0 aromatic rings. The molecule has 3 atom stereocenters. The van der Waals surface area contributed by atoms with Gasteiger partial charge in [-0.3, -0.25) is 9.59 Å². The fourth-order valence-electron chi connectivity index (χ4n) is 4.51. The number of amides is 1. The summed E-state index contributed by atoms with van der Waals surface area (Å²) >= 11 is 0. The Balaban J connectivity index is 1.45. The van der Waals surface area contributed by atoms with E-state index in [-0.39, 0.29) is 24.3 Å². The Morgan fingerprint density at radius 3 is 2.43 bits per heavy atom. The molecule has 3 fully saturated rings. The van der Waals surface area contributed by atoms with Gasteiger partial charge in [0.1, 0.15) is 0 Å². The molecule has 0 aromatic carbocycles. The summed E-state index contributed by atoms with van der Waals surface area (Å²) in [4.78, 5) is 23.9. The van der Waals surface area contributed by atoms with Crippen molar-refractivity contribution in [1.29, 1.82) is 0 Å². The number of rotatable bonds is 6. The van der Waals surface area contributed by atoms with Gasteiger partial charge in [0, 0.05) is 25.7 Å². The maximum absolute atomic E-state index is 12.3. The molecule has 3 aliphatic rings. The predicted molar refractivity (Wildman–Crippen MR) is 85.9 cm³/mol. The second-order valence-electron chi connectivity index (χ2n) is 7.54. The minimum Gasteiger partial charge on any atom is -0.481 e. The van der Waals surface area contributed by atoms with E-state index in [9.17, 15) is 14.7 Å². The number of hydrogen-bond donors (Lipinski definition) is 2. The molecule has 5 nitrogen and oxygen atoms in total. The summed E-state index contributed by atoms with van der Waals surface area (Å²) in [5.41, 5.74) is 0. The van der Waals surface area contributed by atoms with E-state index >= 15 is 0 Å². The fourth-order valence-corrected chi connectivity index (χ4v) is 4.51. The van der Waals surface area contributed by atoms with Crippen LogP contribution in [-0.4, -0.2) is 36.7 Å². The lowest BCUT2D eigenvalue weighted by molar-refractivity contribution is -0.145. The molecule has 0 aromatic heterocycles. The number of carbonyl (C=O) groups is 2. The van der Waals surface area contributed by atoms with E-state index in [4.69, 9.17) is 4.74 Å². The van der Waals surface area contributed by atoms with E-state index in [0.717, 1.165) is 25.2 Å². The zero-order valence-electron chi connectivity index (χ0n) is 13.8. The summed E-state index contributed by atoms with van der Waals surface area (Å²) in [7, 11) is 0. The summed E-state index contributed by atoms with van der Waals surface area (Å²) in [5, 5.41) is 12.4. The van der Waals surface area contributed by atoms with Gasteiger partial charge < -0.3 is 15.2 Å². The molecule has 0 spiro atoms. The molecule has 2 N–H and O–H groups in total. The highest BCUT2D eigenvalue weighted by Crippen LogP contribution is 2.49. The summed E-state index contributed by atoms with van der Waals surface area (Å²) in [6.07, 6.45) is 9.06. The Kier molecular flexibility index (Phi) is 5.57. The number of carbonyl (C=O) groups excluding carboxylic acids is 1. The van der Waals surface area contributed by atoms with E-state index < -0.39 is 11.9 Å². The monoisotopic (exact) mass is 323 g/mol. The maximum Gasteiger partial charge on any atom is 0.308 e. The standard InChI is InChI=1S/C18H29NO4/c20-17(15-10-14(15)12-4-2-1-3-5-12)19-11-16(18(21)22)13-6-8-23-9-7-13/h12-16H,1-11H2,(H,19,20)(H,21,22). The molecule has 1 amide bonds. The molecule has 1 heterocycles. The van der Waals surface area contributed by atoms with Crippen LogP contribution >= 0.6 is 0 Å². The molecule has 0 bridgehead atoms. The van der Waals surface area contributed by atoms with E-state index in [1.807, 2.05) is 0 Å². The maximum atomic E-state index is 12.3. The number of aliphatic carboxylic acids is 1. The second kappa shape index (κ2) is 7.65. The van der Waals surface area contributed by atoms with E-state index in [2.05, 4.69) is 5.32 Å². The Hall–Kier alpha value is -1.10. The molecule has 3 rings (SSSR count). The van der Waals surface area contributed by atoms with Crippen molar-refractivity contribution in [3.05, 3.63) is 0 Å². The lowest BCUT2D eigenvalue weighted by Gasteiger charge is -2.27. The van der Waals surface area contributed by atoms with Gasteiger partial charge in [0.05, 0.1) is 5.92 Å². The molecule has 3 unspecified atom stereocenters. The highest BCUT2D eigenvalue weighted by Gasteiger charge is 2.47. The topological polar surface area (TPSA) is 75.6 Å². The van der Waals surface area contributed by atoms with Crippen LogP contribution in [0.3, 0.4) is 0 Å². The number of carboxylic acids is 1. The van der Waals surface area contributed by atoms with Crippen molar-refractivity contribution < 1.29 is 19.4 Å². The van der Waals surface area contributed by atoms with Crippen LogP contribution in [0.1, 0.15) is 51.4 Å². The fraction of sp³-hybridized carbons (Fsp3) is 0.889. The van der Waals surface area contributed by atoms with Gasteiger partial charge in [-0.2, -0.15) is 0 Å². The van der Waals surface area contributed by atoms with Crippen molar-refractivity contribution in [1.82, 2.24) is 5.32 Å². The summed E-state index contributed by atoms with van der Waals surface area (Å²) in [5.74, 6) is 0.356. The lowest BCUT2D eigenvalue weighted by atomic mass is 9.85. The average molecular weight is 323 g/mol. The molecular weight excluding hydrogens is 294 g/mol. The van der Waals surface area contributed by atoms with Crippen molar-refractivity contribution >= 4 is 11.9 Å². The first-order chi connectivity index (χ1) is 11.2. The second-order valence-corrected chi connectivity index (χ2v) is 7.54. The van der Waals surface area contributed by atoms with Crippen LogP contribution in [0.2, 0.25) is 0 Å². The van der Waals surface area contributed by atoms with Gasteiger partial charge in [-0.25, -0.2) is 0 Å². The zero-order chi connectivity index (χ0) is 16.2. The largest absolute Gasteiger partial charge is 0.481 e. The van der Waals surface area contributed by atoms with Crippen LogP contribution < -0.4 is 5.32 Å². The van der Waals surface area contributed by atoms with E-state index in [1.165, 1.54) is 32.1 Å². The molecule has 2 aliphatic carbocycles. The number of carboxylic acid groups (broad SMARTS) is 1. The Morgan fingerprint density at radius 1 is 1.09 bits per heavy atom. The quantitative estimate of drug-likeness (QED) is 0.787. The van der Waals surface area contributed by atoms with Crippen molar-refractivity contribution in [3.8, 4) is 0 Å². The molecule has 130 valence electrons. The molecular formula is C18H29NO4.